The van der Waals surface area contributed by atoms with E-state index in [1.54, 1.807) is 35.8 Å². The Labute approximate surface area is 143 Å². The molecule has 118 valence electrons. The molecule has 0 saturated carbocycles. The highest BCUT2D eigenvalue weighted by atomic mass is 35.5. The van der Waals surface area contributed by atoms with E-state index in [0.29, 0.717) is 39.1 Å². The van der Waals surface area contributed by atoms with Crippen LogP contribution in [0.4, 0.5) is 0 Å². The molecule has 0 radical (unpaired) electrons. The quantitative estimate of drug-likeness (QED) is 0.713. The van der Waals surface area contributed by atoms with Gasteiger partial charge in [-0.25, -0.2) is 4.98 Å². The molecule has 0 aliphatic heterocycles. The van der Waals surface area contributed by atoms with Crippen molar-refractivity contribution in [3.63, 3.8) is 0 Å². The number of hydrogen-bond acceptors (Lipinski definition) is 3. The van der Waals surface area contributed by atoms with Gasteiger partial charge in [0.25, 0.3) is 5.56 Å². The van der Waals surface area contributed by atoms with Crippen molar-refractivity contribution in [3.05, 3.63) is 68.7 Å². The minimum Gasteiger partial charge on any atom is -0.489 e. The third kappa shape index (κ3) is 3.19. The first-order valence-electron chi connectivity index (χ1n) is 7.11. The van der Waals surface area contributed by atoms with Crippen molar-refractivity contribution < 1.29 is 4.74 Å². The summed E-state index contributed by atoms with van der Waals surface area (Å²) in [5.74, 6) is 1.07. The minimum absolute atomic E-state index is 0.0815. The zero-order chi connectivity index (χ0) is 16.4. The van der Waals surface area contributed by atoms with Crippen LogP contribution in [0.5, 0.6) is 5.75 Å². The lowest BCUT2D eigenvalue weighted by atomic mass is 10.2. The number of halogens is 2. The second-order valence-corrected chi connectivity index (χ2v) is 5.85. The Bertz CT molecular complexity index is 902. The van der Waals surface area contributed by atoms with Crippen molar-refractivity contribution in [2.75, 3.05) is 6.61 Å². The van der Waals surface area contributed by atoms with Crippen LogP contribution in [-0.4, -0.2) is 16.2 Å². The predicted octanol–water partition coefficient (Wildman–Crippen LogP) is 4.09. The molecular weight excluding hydrogens is 335 g/mol. The van der Waals surface area contributed by atoms with E-state index >= 15 is 0 Å². The fourth-order valence-corrected chi connectivity index (χ4v) is 2.91. The highest BCUT2D eigenvalue weighted by molar-refractivity contribution is 6.37. The van der Waals surface area contributed by atoms with Gasteiger partial charge in [0.15, 0.2) is 5.75 Å². The highest BCUT2D eigenvalue weighted by Crippen LogP contribution is 2.32. The summed E-state index contributed by atoms with van der Waals surface area (Å²) >= 11 is 12.1. The number of rotatable bonds is 4. The summed E-state index contributed by atoms with van der Waals surface area (Å²) in [6, 6.07) is 12.4. The highest BCUT2D eigenvalue weighted by Gasteiger charge is 2.10. The van der Waals surface area contributed by atoms with E-state index in [4.69, 9.17) is 27.9 Å². The van der Waals surface area contributed by atoms with Crippen LogP contribution < -0.4 is 10.3 Å². The minimum atomic E-state index is -0.0815. The molecule has 1 heterocycles. The van der Waals surface area contributed by atoms with Gasteiger partial charge in [0.05, 0.1) is 27.5 Å². The largest absolute Gasteiger partial charge is 0.489 e. The average Bonchev–Trinajstić information content (AvgIpc) is 2.53. The van der Waals surface area contributed by atoms with Crippen LogP contribution in [-0.2, 0) is 6.54 Å². The molecule has 3 rings (SSSR count). The predicted molar refractivity (Wildman–Crippen MR) is 92.7 cm³/mol. The molecule has 0 spiro atoms. The normalized spacial score (nSPS) is 10.9. The molecule has 6 heteroatoms. The van der Waals surface area contributed by atoms with E-state index in [1.165, 1.54) is 0 Å². The Morgan fingerprint density at radius 3 is 2.52 bits per heavy atom. The van der Waals surface area contributed by atoms with Crippen LogP contribution in [0.3, 0.4) is 0 Å². The summed E-state index contributed by atoms with van der Waals surface area (Å²) in [4.78, 5) is 17.0. The lowest BCUT2D eigenvalue weighted by Crippen LogP contribution is -2.26. The first-order chi connectivity index (χ1) is 11.1. The Morgan fingerprint density at radius 1 is 1.09 bits per heavy atom. The van der Waals surface area contributed by atoms with E-state index in [-0.39, 0.29) is 12.2 Å². The lowest BCUT2D eigenvalue weighted by molar-refractivity contribution is 0.295. The molecule has 0 amide bonds. The summed E-state index contributed by atoms with van der Waals surface area (Å²) in [5.41, 5.74) is 0.614. The summed E-state index contributed by atoms with van der Waals surface area (Å²) in [7, 11) is 0. The van der Waals surface area contributed by atoms with E-state index in [2.05, 4.69) is 4.98 Å². The van der Waals surface area contributed by atoms with Gasteiger partial charge in [-0.1, -0.05) is 41.4 Å². The zero-order valence-electron chi connectivity index (χ0n) is 12.4. The maximum absolute atomic E-state index is 12.5. The van der Waals surface area contributed by atoms with Crippen molar-refractivity contribution in [2.24, 2.45) is 0 Å². The number of ether oxygens (including phenoxy) is 1. The Kier molecular flexibility index (Phi) is 4.55. The molecule has 4 nitrogen and oxygen atoms in total. The van der Waals surface area contributed by atoms with E-state index in [9.17, 15) is 4.79 Å². The molecule has 0 saturated heterocycles. The number of nitrogens with zero attached hydrogens (tertiary/aromatic N) is 2. The van der Waals surface area contributed by atoms with Crippen LogP contribution >= 0.6 is 23.2 Å². The van der Waals surface area contributed by atoms with Crippen molar-refractivity contribution in [1.82, 2.24) is 9.55 Å². The second-order valence-electron chi connectivity index (χ2n) is 5.03. The lowest BCUT2D eigenvalue weighted by Gasteiger charge is -2.13. The molecule has 0 aliphatic rings. The van der Waals surface area contributed by atoms with Crippen LogP contribution in [0, 0.1) is 6.92 Å². The number of hydrogen-bond donors (Lipinski definition) is 0. The van der Waals surface area contributed by atoms with Crippen molar-refractivity contribution in [1.29, 1.82) is 0 Å². The molecule has 1 aromatic heterocycles. The van der Waals surface area contributed by atoms with Gasteiger partial charge in [-0.15, -0.1) is 0 Å². The third-order valence-electron chi connectivity index (χ3n) is 3.53. The standard InChI is InChI=1S/C17H14Cl2N2O2/c1-11-20-15-8-3-2-5-12(15)17(22)21(11)9-10-23-16-13(18)6-4-7-14(16)19/h2-8H,9-10H2,1H3. The maximum atomic E-state index is 12.5. The summed E-state index contributed by atoms with van der Waals surface area (Å²) in [6.45, 7) is 2.44. The van der Waals surface area contributed by atoms with Gasteiger partial charge in [-0.3, -0.25) is 9.36 Å². The molecule has 0 unspecified atom stereocenters. The SMILES string of the molecule is Cc1nc2ccccc2c(=O)n1CCOc1c(Cl)cccc1Cl. The second kappa shape index (κ2) is 6.60. The fraction of sp³-hybridized carbons (Fsp3) is 0.176. The van der Waals surface area contributed by atoms with Gasteiger partial charge >= 0.3 is 0 Å². The van der Waals surface area contributed by atoms with Crippen molar-refractivity contribution in [3.8, 4) is 5.75 Å². The molecule has 3 aromatic rings. The Balaban J connectivity index is 1.84. The summed E-state index contributed by atoms with van der Waals surface area (Å²) in [6.07, 6.45) is 0. The molecule has 0 fully saturated rings. The van der Waals surface area contributed by atoms with Crippen LogP contribution in [0.15, 0.2) is 47.3 Å². The Hall–Kier alpha value is -2.04. The Morgan fingerprint density at radius 2 is 1.78 bits per heavy atom. The molecule has 23 heavy (non-hydrogen) atoms. The molecule has 0 bridgehead atoms. The molecule has 0 atom stereocenters. The third-order valence-corrected chi connectivity index (χ3v) is 4.13. The molecule has 2 aromatic carbocycles. The number of aromatic nitrogens is 2. The number of aryl methyl sites for hydroxylation is 1. The monoisotopic (exact) mass is 348 g/mol. The zero-order valence-corrected chi connectivity index (χ0v) is 13.9. The average molecular weight is 349 g/mol. The van der Waals surface area contributed by atoms with E-state index < -0.39 is 0 Å². The van der Waals surface area contributed by atoms with E-state index in [1.807, 2.05) is 18.2 Å². The number of fused-ring (bicyclic) bond motifs is 1. The molecule has 0 aliphatic carbocycles. The van der Waals surface area contributed by atoms with Gasteiger partial charge in [0.1, 0.15) is 12.4 Å². The topological polar surface area (TPSA) is 44.1 Å². The molecular formula is C17H14Cl2N2O2. The fourth-order valence-electron chi connectivity index (χ4n) is 2.40. The maximum Gasteiger partial charge on any atom is 0.261 e. The number of benzene rings is 2. The van der Waals surface area contributed by atoms with Gasteiger partial charge in [0, 0.05) is 0 Å². The van der Waals surface area contributed by atoms with Crippen LogP contribution in [0.1, 0.15) is 5.82 Å². The smallest absolute Gasteiger partial charge is 0.261 e. The van der Waals surface area contributed by atoms with E-state index in [0.717, 1.165) is 0 Å². The van der Waals surface area contributed by atoms with Gasteiger partial charge < -0.3 is 4.74 Å². The van der Waals surface area contributed by atoms with Gasteiger partial charge in [0.2, 0.25) is 0 Å². The van der Waals surface area contributed by atoms with Crippen molar-refractivity contribution >= 4 is 34.1 Å². The first-order valence-corrected chi connectivity index (χ1v) is 7.86. The number of para-hydroxylation sites is 2. The first kappa shape index (κ1) is 15.8. The van der Waals surface area contributed by atoms with Gasteiger partial charge in [-0.2, -0.15) is 0 Å². The van der Waals surface area contributed by atoms with Crippen LogP contribution in [0.25, 0.3) is 10.9 Å². The summed E-state index contributed by atoms with van der Waals surface area (Å²) < 4.78 is 7.23. The van der Waals surface area contributed by atoms with Crippen molar-refractivity contribution in [2.45, 2.75) is 13.5 Å². The van der Waals surface area contributed by atoms with Gasteiger partial charge in [-0.05, 0) is 31.2 Å². The van der Waals surface area contributed by atoms with Crippen LogP contribution in [0.2, 0.25) is 10.0 Å². The summed E-state index contributed by atoms with van der Waals surface area (Å²) in [5, 5.41) is 1.48. The molecule has 0 N–H and O–H groups in total.